The Morgan fingerprint density at radius 3 is 1.63 bits per heavy atom. The lowest BCUT2D eigenvalue weighted by molar-refractivity contribution is 1.08. The van der Waals surface area contributed by atoms with Crippen LogP contribution in [0.25, 0.3) is 137 Å². The van der Waals surface area contributed by atoms with Crippen molar-refractivity contribution in [3.05, 3.63) is 243 Å². The minimum atomic E-state index is 0.602. The van der Waals surface area contributed by atoms with Crippen molar-refractivity contribution >= 4 is 74.9 Å². The fourth-order valence-electron chi connectivity index (χ4n) is 10.5. The van der Waals surface area contributed by atoms with Gasteiger partial charge in [-0.2, -0.15) is 0 Å². The van der Waals surface area contributed by atoms with E-state index in [0.717, 1.165) is 71.5 Å². The number of aromatic nitrogens is 4. The van der Waals surface area contributed by atoms with Crippen molar-refractivity contribution in [2.45, 2.75) is 0 Å². The van der Waals surface area contributed by atoms with Crippen molar-refractivity contribution < 1.29 is 0 Å². The summed E-state index contributed by atoms with van der Waals surface area (Å²) in [6, 6.07) is 87.3. The Balaban J connectivity index is 1.12. The lowest BCUT2D eigenvalue weighted by Crippen LogP contribution is -2.04. The van der Waals surface area contributed by atoms with Crippen LogP contribution in [0.4, 0.5) is 0 Å². The standard InChI is InChI=1S/C65H40N4S/c1-4-18-41(19-5-1)45-27-16-28-48(36-45)55-39-49(64-66-63(44-23-8-3-9-24-44)67-65(68-64)53-32-17-31-52-51-30-14-15-33-59(51)70-62(52)53)38-54(42-20-6-2-7-21-42)61(55)69-57-35-34-43-22-12-13-29-50(43)60(57)56-37-46-25-10-11-26-47(46)40-58(56)69/h1-40H. The van der Waals surface area contributed by atoms with E-state index in [0.29, 0.717) is 17.5 Å². The zero-order chi connectivity index (χ0) is 46.1. The van der Waals surface area contributed by atoms with Gasteiger partial charge in [-0.1, -0.05) is 194 Å². The molecule has 326 valence electrons. The number of hydrogen-bond donors (Lipinski definition) is 0. The smallest absolute Gasteiger partial charge is 0.165 e. The summed E-state index contributed by atoms with van der Waals surface area (Å²) in [6.07, 6.45) is 0. The third kappa shape index (κ3) is 6.62. The van der Waals surface area contributed by atoms with Crippen LogP contribution in [0.5, 0.6) is 0 Å². The molecule has 0 radical (unpaired) electrons. The fourth-order valence-corrected chi connectivity index (χ4v) is 11.7. The number of thiophene rings is 1. The summed E-state index contributed by atoms with van der Waals surface area (Å²) in [4.78, 5) is 16.2. The topological polar surface area (TPSA) is 43.6 Å². The summed E-state index contributed by atoms with van der Waals surface area (Å²) in [6.45, 7) is 0. The van der Waals surface area contributed by atoms with E-state index < -0.39 is 0 Å². The van der Waals surface area contributed by atoms with Gasteiger partial charge in [-0.05, 0) is 92.3 Å². The lowest BCUT2D eigenvalue weighted by Gasteiger charge is -2.21. The molecule has 3 aromatic heterocycles. The Labute approximate surface area is 408 Å². The summed E-state index contributed by atoms with van der Waals surface area (Å²) in [7, 11) is 0. The maximum Gasteiger partial charge on any atom is 0.165 e. The first kappa shape index (κ1) is 40.1. The Morgan fingerprint density at radius 1 is 0.300 bits per heavy atom. The molecule has 0 aliphatic carbocycles. The Bertz CT molecular complexity index is 4350. The third-order valence-electron chi connectivity index (χ3n) is 13.8. The van der Waals surface area contributed by atoms with Crippen LogP contribution in [0.15, 0.2) is 243 Å². The molecule has 0 saturated carbocycles. The normalized spacial score (nSPS) is 11.7. The van der Waals surface area contributed by atoms with Crippen LogP contribution in [0, 0.1) is 0 Å². The van der Waals surface area contributed by atoms with E-state index in [2.05, 4.69) is 229 Å². The van der Waals surface area contributed by atoms with E-state index >= 15 is 0 Å². The Hall–Kier alpha value is -9.03. The third-order valence-corrected chi connectivity index (χ3v) is 15.0. The molecule has 0 spiro atoms. The highest BCUT2D eigenvalue weighted by Gasteiger charge is 2.25. The second kappa shape index (κ2) is 16.3. The van der Waals surface area contributed by atoms with Crippen molar-refractivity contribution in [3.63, 3.8) is 0 Å². The molecule has 0 unspecified atom stereocenters. The number of nitrogens with zero attached hydrogens (tertiary/aromatic N) is 4. The van der Waals surface area contributed by atoms with Gasteiger partial charge < -0.3 is 4.57 Å². The SMILES string of the molecule is c1ccc(-c2cccc(-c3cc(-c4nc(-c5ccccc5)nc(-c5cccc6c5sc5ccccc56)n4)cc(-c4ccccc4)c3-n3c4cc5ccccc5cc4c4c5ccccc5ccc43)c2)cc1. The molecule has 0 amide bonds. The fraction of sp³-hybridized carbons (Fsp3) is 0. The van der Waals surface area contributed by atoms with Crippen LogP contribution >= 0.6 is 11.3 Å². The minimum Gasteiger partial charge on any atom is -0.308 e. The average Bonchev–Trinajstić information content (AvgIpc) is 3.98. The summed E-state index contributed by atoms with van der Waals surface area (Å²) >= 11 is 1.79. The number of fused-ring (bicyclic) bond motifs is 9. The molecule has 14 rings (SSSR count). The molecule has 70 heavy (non-hydrogen) atoms. The van der Waals surface area contributed by atoms with Crippen molar-refractivity contribution in [1.29, 1.82) is 0 Å². The molecule has 0 fully saturated rings. The second-order valence-corrected chi connectivity index (χ2v) is 19.0. The van der Waals surface area contributed by atoms with Crippen LogP contribution in [0.1, 0.15) is 0 Å². The molecular formula is C65H40N4S. The first-order valence-corrected chi connectivity index (χ1v) is 24.5. The molecule has 0 bridgehead atoms. The molecule has 14 aromatic rings. The first-order valence-electron chi connectivity index (χ1n) is 23.7. The molecule has 3 heterocycles. The van der Waals surface area contributed by atoms with Crippen LogP contribution < -0.4 is 0 Å². The van der Waals surface area contributed by atoms with E-state index in [9.17, 15) is 0 Å². The largest absolute Gasteiger partial charge is 0.308 e. The molecule has 0 saturated heterocycles. The molecule has 0 N–H and O–H groups in total. The van der Waals surface area contributed by atoms with Gasteiger partial charge in [-0.25, -0.2) is 15.0 Å². The molecule has 0 aliphatic heterocycles. The highest BCUT2D eigenvalue weighted by molar-refractivity contribution is 7.26. The Kier molecular flexibility index (Phi) is 9.36. The summed E-state index contributed by atoms with van der Waals surface area (Å²) in [5, 5.41) is 9.71. The zero-order valence-corrected chi connectivity index (χ0v) is 38.6. The number of rotatable bonds is 7. The van der Waals surface area contributed by atoms with Gasteiger partial charge in [0, 0.05) is 58.8 Å². The van der Waals surface area contributed by atoms with E-state index in [-0.39, 0.29) is 0 Å². The van der Waals surface area contributed by atoms with Crippen molar-refractivity contribution in [2.75, 3.05) is 0 Å². The molecular weight excluding hydrogens is 869 g/mol. The van der Waals surface area contributed by atoms with Crippen LogP contribution in [0.2, 0.25) is 0 Å². The van der Waals surface area contributed by atoms with Crippen molar-refractivity contribution in [3.8, 4) is 73.2 Å². The minimum absolute atomic E-state index is 0.602. The van der Waals surface area contributed by atoms with Gasteiger partial charge >= 0.3 is 0 Å². The van der Waals surface area contributed by atoms with Gasteiger partial charge in [-0.15, -0.1) is 11.3 Å². The quantitative estimate of drug-likeness (QED) is 0.160. The molecule has 5 heteroatoms. The predicted molar refractivity (Wildman–Crippen MR) is 295 cm³/mol. The summed E-state index contributed by atoms with van der Waals surface area (Å²) in [5.41, 5.74) is 12.8. The van der Waals surface area contributed by atoms with Gasteiger partial charge in [0.2, 0.25) is 0 Å². The summed E-state index contributed by atoms with van der Waals surface area (Å²) in [5.74, 6) is 1.86. The van der Waals surface area contributed by atoms with Crippen LogP contribution in [-0.4, -0.2) is 19.5 Å². The van der Waals surface area contributed by atoms with Gasteiger partial charge in [0.15, 0.2) is 17.5 Å². The first-order chi connectivity index (χ1) is 34.7. The lowest BCUT2D eigenvalue weighted by atomic mass is 9.91. The Morgan fingerprint density at radius 2 is 0.857 bits per heavy atom. The maximum atomic E-state index is 5.49. The van der Waals surface area contributed by atoms with E-state index in [1.165, 1.54) is 47.8 Å². The molecule has 4 nitrogen and oxygen atoms in total. The van der Waals surface area contributed by atoms with Crippen molar-refractivity contribution in [1.82, 2.24) is 19.5 Å². The van der Waals surface area contributed by atoms with Crippen LogP contribution in [0.3, 0.4) is 0 Å². The highest BCUT2D eigenvalue weighted by atomic mass is 32.1. The molecule has 0 aliphatic rings. The van der Waals surface area contributed by atoms with Crippen LogP contribution in [-0.2, 0) is 0 Å². The van der Waals surface area contributed by atoms with Crippen molar-refractivity contribution in [2.24, 2.45) is 0 Å². The van der Waals surface area contributed by atoms with Gasteiger partial charge in [0.1, 0.15) is 0 Å². The van der Waals surface area contributed by atoms with E-state index in [1.807, 2.05) is 18.2 Å². The van der Waals surface area contributed by atoms with Gasteiger partial charge in [-0.3, -0.25) is 0 Å². The molecule has 0 atom stereocenters. The highest BCUT2D eigenvalue weighted by Crippen LogP contribution is 2.47. The van der Waals surface area contributed by atoms with E-state index in [4.69, 9.17) is 15.0 Å². The predicted octanol–water partition coefficient (Wildman–Crippen LogP) is 17.6. The summed E-state index contributed by atoms with van der Waals surface area (Å²) < 4.78 is 4.92. The average molecular weight is 909 g/mol. The number of hydrogen-bond acceptors (Lipinski definition) is 4. The maximum absolute atomic E-state index is 5.49. The molecule has 11 aromatic carbocycles. The van der Waals surface area contributed by atoms with E-state index in [1.54, 1.807) is 11.3 Å². The monoisotopic (exact) mass is 908 g/mol. The van der Waals surface area contributed by atoms with Gasteiger partial charge in [0.25, 0.3) is 0 Å². The second-order valence-electron chi connectivity index (χ2n) is 17.9. The number of benzene rings is 11. The zero-order valence-electron chi connectivity index (χ0n) is 37.8. The van der Waals surface area contributed by atoms with Gasteiger partial charge in [0.05, 0.1) is 16.7 Å².